The Kier molecular flexibility index (Phi) is 7.82. The average molecular weight is 279 g/mol. The van der Waals surface area contributed by atoms with Crippen LogP contribution in [-0.2, 0) is 10.3 Å². The molecule has 0 fully saturated rings. The van der Waals surface area contributed by atoms with Gasteiger partial charge in [-0.15, -0.1) is 0 Å². The number of hydrogen-bond donors (Lipinski definition) is 2. The molecule has 3 heteroatoms. The zero-order valence-electron chi connectivity index (χ0n) is 13.1. The normalized spacial score (nSPS) is 15.8. The second-order valence-corrected chi connectivity index (χ2v) is 5.55. The Morgan fingerprint density at radius 1 is 1.25 bits per heavy atom. The van der Waals surface area contributed by atoms with Gasteiger partial charge in [0.05, 0.1) is 18.8 Å². The van der Waals surface area contributed by atoms with Gasteiger partial charge in [0.25, 0.3) is 0 Å². The fourth-order valence-corrected chi connectivity index (χ4v) is 2.54. The molecular formula is C17H29NO2. The van der Waals surface area contributed by atoms with Gasteiger partial charge >= 0.3 is 0 Å². The monoisotopic (exact) mass is 279 g/mol. The number of aliphatic hydroxyl groups is 1. The van der Waals surface area contributed by atoms with Crippen LogP contribution in [0.15, 0.2) is 30.3 Å². The maximum absolute atomic E-state index is 9.89. The molecule has 0 amide bonds. The molecule has 1 aromatic rings. The van der Waals surface area contributed by atoms with Gasteiger partial charge in [-0.05, 0) is 24.4 Å². The van der Waals surface area contributed by atoms with Crippen LogP contribution >= 0.6 is 0 Å². The summed E-state index contributed by atoms with van der Waals surface area (Å²) in [5, 5.41) is 13.3. The zero-order chi connectivity index (χ0) is 14.8. The summed E-state index contributed by atoms with van der Waals surface area (Å²) in [6, 6.07) is 10.1. The first kappa shape index (κ1) is 17.2. The molecule has 114 valence electrons. The molecule has 0 saturated carbocycles. The minimum absolute atomic E-state index is 0.0347. The van der Waals surface area contributed by atoms with Crippen molar-refractivity contribution in [2.24, 2.45) is 5.92 Å². The van der Waals surface area contributed by atoms with Crippen LogP contribution in [0.1, 0.15) is 39.2 Å². The molecule has 2 unspecified atom stereocenters. The van der Waals surface area contributed by atoms with E-state index < -0.39 is 5.54 Å². The predicted molar refractivity (Wildman–Crippen MR) is 83.8 cm³/mol. The van der Waals surface area contributed by atoms with Crippen molar-refractivity contribution in [3.05, 3.63) is 35.9 Å². The van der Waals surface area contributed by atoms with E-state index in [-0.39, 0.29) is 6.61 Å². The molecule has 2 atom stereocenters. The Hall–Kier alpha value is -0.900. The Morgan fingerprint density at radius 3 is 2.50 bits per heavy atom. The summed E-state index contributed by atoms with van der Waals surface area (Å²) in [4.78, 5) is 0. The number of likely N-dealkylation sites (N-methyl/N-ethyl adjacent to an activating group) is 1. The van der Waals surface area contributed by atoms with E-state index in [0.717, 1.165) is 18.7 Å². The van der Waals surface area contributed by atoms with Gasteiger partial charge in [-0.1, -0.05) is 57.5 Å². The fraction of sp³-hybridized carbons (Fsp3) is 0.647. The molecule has 0 aliphatic heterocycles. The standard InChI is InChI=1S/C17H29NO2/c1-4-9-15(3)12-20-14-17(13-19,18-5-2)16-10-7-6-8-11-16/h6-8,10-11,15,18-19H,4-5,9,12-14H2,1-3H3. The molecule has 0 aliphatic rings. The van der Waals surface area contributed by atoms with Gasteiger partial charge in [-0.2, -0.15) is 0 Å². The van der Waals surface area contributed by atoms with Gasteiger partial charge in [0, 0.05) is 6.61 Å². The highest BCUT2D eigenvalue weighted by atomic mass is 16.5. The third-order valence-corrected chi connectivity index (χ3v) is 3.64. The lowest BCUT2D eigenvalue weighted by atomic mass is 9.91. The van der Waals surface area contributed by atoms with Gasteiger partial charge in [0.15, 0.2) is 0 Å². The van der Waals surface area contributed by atoms with Crippen LogP contribution in [0.25, 0.3) is 0 Å². The smallest absolute Gasteiger partial charge is 0.0905 e. The van der Waals surface area contributed by atoms with Crippen molar-refractivity contribution in [1.29, 1.82) is 0 Å². The van der Waals surface area contributed by atoms with Crippen molar-refractivity contribution in [2.75, 3.05) is 26.4 Å². The maximum atomic E-state index is 9.89. The summed E-state index contributed by atoms with van der Waals surface area (Å²) < 4.78 is 5.89. The van der Waals surface area contributed by atoms with Gasteiger partial charge in [-0.3, -0.25) is 0 Å². The summed E-state index contributed by atoms with van der Waals surface area (Å²) in [6.07, 6.45) is 2.36. The Bertz CT molecular complexity index is 355. The molecule has 3 nitrogen and oxygen atoms in total. The lowest BCUT2D eigenvalue weighted by molar-refractivity contribution is 0.0199. The first-order valence-corrected chi connectivity index (χ1v) is 7.67. The van der Waals surface area contributed by atoms with E-state index in [2.05, 4.69) is 19.2 Å². The molecule has 1 aromatic carbocycles. The molecule has 0 aliphatic carbocycles. The van der Waals surface area contributed by atoms with Crippen molar-refractivity contribution in [2.45, 2.75) is 39.2 Å². The number of hydrogen-bond acceptors (Lipinski definition) is 3. The molecule has 20 heavy (non-hydrogen) atoms. The van der Waals surface area contributed by atoms with Crippen LogP contribution in [-0.4, -0.2) is 31.5 Å². The summed E-state index contributed by atoms with van der Waals surface area (Å²) in [6.45, 7) is 8.52. The number of ether oxygens (including phenoxy) is 1. The maximum Gasteiger partial charge on any atom is 0.0905 e. The van der Waals surface area contributed by atoms with Crippen molar-refractivity contribution in [1.82, 2.24) is 5.32 Å². The van der Waals surface area contributed by atoms with Crippen molar-refractivity contribution in [3.63, 3.8) is 0 Å². The predicted octanol–water partition coefficient (Wildman–Crippen LogP) is 2.94. The van der Waals surface area contributed by atoms with E-state index in [1.165, 1.54) is 12.8 Å². The van der Waals surface area contributed by atoms with Gasteiger partial charge in [0.2, 0.25) is 0 Å². The topological polar surface area (TPSA) is 41.5 Å². The highest BCUT2D eigenvalue weighted by molar-refractivity contribution is 5.25. The van der Waals surface area contributed by atoms with Crippen LogP contribution in [0.3, 0.4) is 0 Å². The molecule has 0 bridgehead atoms. The van der Waals surface area contributed by atoms with Crippen LogP contribution in [0.4, 0.5) is 0 Å². The molecule has 1 rings (SSSR count). The first-order chi connectivity index (χ1) is 9.68. The highest BCUT2D eigenvalue weighted by Crippen LogP contribution is 2.21. The number of nitrogens with one attached hydrogen (secondary N) is 1. The lowest BCUT2D eigenvalue weighted by Crippen LogP contribution is -2.49. The lowest BCUT2D eigenvalue weighted by Gasteiger charge is -2.33. The second-order valence-electron chi connectivity index (χ2n) is 5.55. The van der Waals surface area contributed by atoms with E-state index in [0.29, 0.717) is 12.5 Å². The van der Waals surface area contributed by atoms with Gasteiger partial charge in [-0.25, -0.2) is 0 Å². The van der Waals surface area contributed by atoms with Crippen LogP contribution in [0, 0.1) is 5.92 Å². The number of benzene rings is 1. The summed E-state index contributed by atoms with van der Waals surface area (Å²) in [7, 11) is 0. The van der Waals surface area contributed by atoms with Crippen LogP contribution in [0.5, 0.6) is 0 Å². The summed E-state index contributed by atoms with van der Waals surface area (Å²) in [5.41, 5.74) is 0.578. The molecular weight excluding hydrogens is 250 g/mol. The summed E-state index contributed by atoms with van der Waals surface area (Å²) >= 11 is 0. The molecule has 0 saturated heterocycles. The second kappa shape index (κ2) is 9.11. The van der Waals surface area contributed by atoms with Gasteiger partial charge in [0.1, 0.15) is 0 Å². The van der Waals surface area contributed by atoms with E-state index in [4.69, 9.17) is 4.74 Å². The SMILES string of the molecule is CCCC(C)COCC(CO)(NCC)c1ccccc1. The molecule has 2 N–H and O–H groups in total. The minimum Gasteiger partial charge on any atom is -0.394 e. The zero-order valence-corrected chi connectivity index (χ0v) is 13.1. The Labute approximate surface area is 123 Å². The molecule has 0 aromatic heterocycles. The third kappa shape index (κ3) is 4.89. The quantitative estimate of drug-likeness (QED) is 0.692. The van der Waals surface area contributed by atoms with Crippen LogP contribution < -0.4 is 5.32 Å². The Balaban J connectivity index is 2.69. The Morgan fingerprint density at radius 2 is 1.95 bits per heavy atom. The molecule has 0 spiro atoms. The van der Waals surface area contributed by atoms with Crippen molar-refractivity contribution in [3.8, 4) is 0 Å². The number of aliphatic hydroxyl groups excluding tert-OH is 1. The van der Waals surface area contributed by atoms with E-state index in [1.807, 2.05) is 37.3 Å². The summed E-state index contributed by atoms with van der Waals surface area (Å²) in [5.74, 6) is 0.564. The first-order valence-electron chi connectivity index (χ1n) is 7.67. The number of rotatable bonds is 10. The molecule has 0 heterocycles. The van der Waals surface area contributed by atoms with E-state index >= 15 is 0 Å². The van der Waals surface area contributed by atoms with Crippen molar-refractivity contribution < 1.29 is 9.84 Å². The highest BCUT2D eigenvalue weighted by Gasteiger charge is 2.31. The fourth-order valence-electron chi connectivity index (χ4n) is 2.54. The van der Waals surface area contributed by atoms with Crippen LogP contribution in [0.2, 0.25) is 0 Å². The largest absolute Gasteiger partial charge is 0.394 e. The van der Waals surface area contributed by atoms with Gasteiger partial charge < -0.3 is 15.2 Å². The van der Waals surface area contributed by atoms with E-state index in [1.54, 1.807) is 0 Å². The third-order valence-electron chi connectivity index (χ3n) is 3.64. The average Bonchev–Trinajstić information content (AvgIpc) is 2.47. The molecule has 0 radical (unpaired) electrons. The van der Waals surface area contributed by atoms with E-state index in [9.17, 15) is 5.11 Å². The minimum atomic E-state index is -0.498. The van der Waals surface area contributed by atoms with Crippen molar-refractivity contribution >= 4 is 0 Å².